The van der Waals surface area contributed by atoms with E-state index in [-0.39, 0.29) is 31.1 Å². The van der Waals surface area contributed by atoms with Crippen molar-refractivity contribution in [2.45, 2.75) is 323 Å². The van der Waals surface area contributed by atoms with Crippen LogP contribution in [0.25, 0.3) is 0 Å². The number of hydrogen-bond donors (Lipinski definition) is 0. The molecule has 0 N–H and O–H groups in total. The molecule has 6 nitrogen and oxygen atoms in total. The van der Waals surface area contributed by atoms with E-state index in [1.165, 1.54) is 205 Å². The van der Waals surface area contributed by atoms with Gasteiger partial charge in [0.2, 0.25) is 0 Å². The van der Waals surface area contributed by atoms with Gasteiger partial charge in [-0.15, -0.1) is 0 Å². The van der Waals surface area contributed by atoms with E-state index >= 15 is 0 Å². The topological polar surface area (TPSA) is 78.9 Å². The molecule has 0 amide bonds. The Bertz CT molecular complexity index is 962. The smallest absolute Gasteiger partial charge is 0.306 e. The molecule has 0 unspecified atom stereocenters. The Hall–Kier alpha value is -1.59. The van der Waals surface area contributed by atoms with Crippen LogP contribution in [0.4, 0.5) is 0 Å². The lowest BCUT2D eigenvalue weighted by atomic mass is 10.0. The molecule has 0 aliphatic rings. The second-order valence-corrected chi connectivity index (χ2v) is 20.5. The third-order valence-corrected chi connectivity index (χ3v) is 13.0. The van der Waals surface area contributed by atoms with Crippen LogP contribution in [0.2, 0.25) is 0 Å². The lowest BCUT2D eigenvalue weighted by Crippen LogP contribution is -2.30. The van der Waals surface area contributed by atoms with E-state index in [9.17, 15) is 14.4 Å². The van der Waals surface area contributed by atoms with E-state index in [0.717, 1.165) is 69.6 Å². The highest BCUT2D eigenvalue weighted by Gasteiger charge is 2.19. The number of carbonyl (C=O) groups excluding carboxylic acids is 3. The summed E-state index contributed by atoms with van der Waals surface area (Å²) in [5, 5.41) is 0. The van der Waals surface area contributed by atoms with Crippen LogP contribution in [-0.4, -0.2) is 37.2 Å². The summed E-state index contributed by atoms with van der Waals surface area (Å²) in [7, 11) is 0. The molecule has 0 bridgehead atoms. The first-order valence-electron chi connectivity index (χ1n) is 28.2. The molecule has 0 aromatic heterocycles. The van der Waals surface area contributed by atoms with E-state index in [0.29, 0.717) is 19.3 Å². The van der Waals surface area contributed by atoms with Gasteiger partial charge in [-0.25, -0.2) is 0 Å². The first-order chi connectivity index (χ1) is 30.7. The van der Waals surface area contributed by atoms with Crippen molar-refractivity contribution in [3.05, 3.63) is 0 Å². The monoisotopic (exact) mass is 891 g/mol. The van der Waals surface area contributed by atoms with Gasteiger partial charge in [0.05, 0.1) is 0 Å². The lowest BCUT2D eigenvalue weighted by molar-refractivity contribution is -0.167. The normalized spacial score (nSPS) is 12.0. The Morgan fingerprint density at radius 3 is 0.778 bits per heavy atom. The van der Waals surface area contributed by atoms with E-state index in [4.69, 9.17) is 14.2 Å². The molecule has 0 aromatic rings. The summed E-state index contributed by atoms with van der Waals surface area (Å²) in [5.74, 6) is 0.821. The number of unbranched alkanes of at least 4 members (excludes halogenated alkanes) is 36. The van der Waals surface area contributed by atoms with Crippen molar-refractivity contribution in [3.63, 3.8) is 0 Å². The van der Waals surface area contributed by atoms with Crippen molar-refractivity contribution in [1.29, 1.82) is 0 Å². The van der Waals surface area contributed by atoms with Crippen molar-refractivity contribution in [2.75, 3.05) is 13.2 Å². The maximum absolute atomic E-state index is 12.8. The summed E-state index contributed by atoms with van der Waals surface area (Å²) in [6, 6.07) is 0. The third-order valence-electron chi connectivity index (χ3n) is 13.0. The van der Waals surface area contributed by atoms with E-state index < -0.39 is 6.10 Å². The molecule has 0 rings (SSSR count). The fourth-order valence-electron chi connectivity index (χ4n) is 8.70. The number of carbonyl (C=O) groups is 3. The fraction of sp³-hybridized carbons (Fsp3) is 0.947. The van der Waals surface area contributed by atoms with Gasteiger partial charge in [-0.05, 0) is 31.1 Å². The van der Waals surface area contributed by atoms with E-state index in [1.807, 2.05) is 0 Å². The standard InChI is InChI=1S/C57H110O6/c1-6-7-8-9-10-11-12-22-27-32-37-42-47-55(58)61-50-54(63-57(60)49-44-39-34-29-24-26-31-36-41-46-53(4)5)51-62-56(59)48-43-38-33-28-23-20-18-16-14-13-15-17-19-21-25-30-35-40-45-52(2)3/h52-54H,6-51H2,1-5H3/t54-/m1/s1. The molecule has 0 radical (unpaired) electrons. The largest absolute Gasteiger partial charge is 0.462 e. The zero-order chi connectivity index (χ0) is 46.1. The maximum atomic E-state index is 12.8. The van der Waals surface area contributed by atoms with Crippen molar-refractivity contribution >= 4 is 17.9 Å². The molecule has 374 valence electrons. The van der Waals surface area contributed by atoms with E-state index in [2.05, 4.69) is 34.6 Å². The minimum Gasteiger partial charge on any atom is -0.462 e. The first kappa shape index (κ1) is 61.4. The average Bonchev–Trinajstić information content (AvgIpc) is 3.25. The highest BCUT2D eigenvalue weighted by atomic mass is 16.6. The Kier molecular flexibility index (Phi) is 48.6. The van der Waals surface area contributed by atoms with Crippen LogP contribution in [0.5, 0.6) is 0 Å². The van der Waals surface area contributed by atoms with Crippen LogP contribution >= 0.6 is 0 Å². The summed E-state index contributed by atoms with van der Waals surface area (Å²) in [5.41, 5.74) is 0. The highest BCUT2D eigenvalue weighted by Crippen LogP contribution is 2.18. The van der Waals surface area contributed by atoms with Gasteiger partial charge in [-0.3, -0.25) is 14.4 Å². The Morgan fingerprint density at radius 2 is 0.524 bits per heavy atom. The lowest BCUT2D eigenvalue weighted by Gasteiger charge is -2.18. The summed E-state index contributed by atoms with van der Waals surface area (Å²) < 4.78 is 16.8. The molecule has 0 spiro atoms. The minimum absolute atomic E-state index is 0.0632. The second kappa shape index (κ2) is 49.8. The predicted octanol–water partition coefficient (Wildman–Crippen LogP) is 18.5. The van der Waals surface area contributed by atoms with Crippen LogP contribution in [0.1, 0.15) is 317 Å². The van der Waals surface area contributed by atoms with Crippen molar-refractivity contribution in [1.82, 2.24) is 0 Å². The molecule has 0 saturated carbocycles. The van der Waals surface area contributed by atoms with Gasteiger partial charge >= 0.3 is 17.9 Å². The summed E-state index contributed by atoms with van der Waals surface area (Å²) in [4.78, 5) is 38.0. The molecular weight excluding hydrogens is 781 g/mol. The zero-order valence-corrected chi connectivity index (χ0v) is 43.2. The predicted molar refractivity (Wildman–Crippen MR) is 270 cm³/mol. The second-order valence-electron chi connectivity index (χ2n) is 20.5. The van der Waals surface area contributed by atoms with Crippen molar-refractivity contribution < 1.29 is 28.6 Å². The molecule has 63 heavy (non-hydrogen) atoms. The van der Waals surface area contributed by atoms with Gasteiger partial charge in [0.25, 0.3) is 0 Å². The van der Waals surface area contributed by atoms with Gasteiger partial charge in [-0.2, -0.15) is 0 Å². The molecule has 0 saturated heterocycles. The van der Waals surface area contributed by atoms with Crippen LogP contribution in [0.3, 0.4) is 0 Å². The zero-order valence-electron chi connectivity index (χ0n) is 43.2. The van der Waals surface area contributed by atoms with E-state index in [1.54, 1.807) is 0 Å². The van der Waals surface area contributed by atoms with Crippen LogP contribution in [0.15, 0.2) is 0 Å². The molecule has 0 heterocycles. The number of rotatable bonds is 51. The highest BCUT2D eigenvalue weighted by molar-refractivity contribution is 5.71. The van der Waals surface area contributed by atoms with Gasteiger partial charge in [0.15, 0.2) is 6.10 Å². The van der Waals surface area contributed by atoms with Crippen molar-refractivity contribution in [2.24, 2.45) is 11.8 Å². The van der Waals surface area contributed by atoms with Gasteiger partial charge in [-0.1, -0.05) is 279 Å². The van der Waals surface area contributed by atoms with Crippen LogP contribution in [0, 0.1) is 11.8 Å². The molecule has 0 aromatic carbocycles. The third kappa shape index (κ3) is 51.3. The number of ether oxygens (including phenoxy) is 3. The minimum atomic E-state index is -0.762. The molecule has 0 aliphatic heterocycles. The Balaban J connectivity index is 4.21. The molecule has 0 aliphatic carbocycles. The number of hydrogen-bond acceptors (Lipinski definition) is 6. The summed E-state index contributed by atoms with van der Waals surface area (Å²) in [6.45, 7) is 11.4. The van der Waals surface area contributed by atoms with Gasteiger partial charge < -0.3 is 14.2 Å². The quantitative estimate of drug-likeness (QED) is 0.0344. The molecule has 6 heteroatoms. The SMILES string of the molecule is CCCCCCCCCCCCCCC(=O)OC[C@H](COC(=O)CCCCCCCCCCCCCCCCCCCCC(C)C)OC(=O)CCCCCCCCCCCC(C)C. The Morgan fingerprint density at radius 1 is 0.302 bits per heavy atom. The number of esters is 3. The first-order valence-corrected chi connectivity index (χ1v) is 28.2. The van der Waals surface area contributed by atoms with Gasteiger partial charge in [0, 0.05) is 19.3 Å². The summed E-state index contributed by atoms with van der Waals surface area (Å²) in [6.07, 6.45) is 52.4. The fourth-order valence-corrected chi connectivity index (χ4v) is 8.70. The molecule has 1 atom stereocenters. The summed E-state index contributed by atoms with van der Waals surface area (Å²) >= 11 is 0. The van der Waals surface area contributed by atoms with Crippen LogP contribution < -0.4 is 0 Å². The molecule has 0 fully saturated rings. The van der Waals surface area contributed by atoms with Gasteiger partial charge in [0.1, 0.15) is 13.2 Å². The van der Waals surface area contributed by atoms with Crippen molar-refractivity contribution in [3.8, 4) is 0 Å². The average molecular weight is 892 g/mol. The Labute approximate surface area is 393 Å². The molecular formula is C57H110O6. The maximum Gasteiger partial charge on any atom is 0.306 e. The van der Waals surface area contributed by atoms with Crippen LogP contribution in [-0.2, 0) is 28.6 Å².